The Labute approximate surface area is 240 Å². The predicted octanol–water partition coefficient (Wildman–Crippen LogP) is 7.58. The number of hydrogen-bond acceptors (Lipinski definition) is 7. The fourth-order valence-corrected chi connectivity index (χ4v) is 4.23. The number of oxime groups is 1. The zero-order valence-corrected chi connectivity index (χ0v) is 23.5. The van der Waals surface area contributed by atoms with Crippen LogP contribution >= 0.6 is 0 Å². The number of hydrogen-bond donors (Lipinski definition) is 1. The third-order valence-corrected chi connectivity index (χ3v) is 6.60. The summed E-state index contributed by atoms with van der Waals surface area (Å²) >= 11 is 0. The lowest BCUT2D eigenvalue weighted by atomic mass is 10.0. The van der Waals surface area contributed by atoms with Crippen LogP contribution in [0.25, 0.3) is 11.5 Å². The number of methoxy groups -OCH3 is 1. The van der Waals surface area contributed by atoms with Crippen molar-refractivity contribution in [3.8, 4) is 23.0 Å². The SMILES string of the molecule is COc1ccc(C(CCCCCCC(=O)O)=NOCc2ccc(OCc3nc(-c4ccccc4)oc3C)cc2)cc1. The van der Waals surface area contributed by atoms with E-state index in [2.05, 4.69) is 10.1 Å². The molecule has 0 atom stereocenters. The van der Waals surface area contributed by atoms with Crippen molar-refractivity contribution in [1.29, 1.82) is 0 Å². The summed E-state index contributed by atoms with van der Waals surface area (Å²) < 4.78 is 17.0. The van der Waals surface area contributed by atoms with Gasteiger partial charge in [0, 0.05) is 12.0 Å². The number of carboxylic acids is 1. The Balaban J connectivity index is 1.30. The van der Waals surface area contributed by atoms with E-state index in [-0.39, 0.29) is 6.42 Å². The number of oxazole rings is 1. The molecule has 1 heterocycles. The molecule has 1 aromatic heterocycles. The highest BCUT2D eigenvalue weighted by Crippen LogP contribution is 2.23. The summed E-state index contributed by atoms with van der Waals surface area (Å²) in [6.07, 6.45) is 4.35. The molecule has 3 aromatic carbocycles. The summed E-state index contributed by atoms with van der Waals surface area (Å²) in [4.78, 5) is 21.1. The molecule has 0 aliphatic heterocycles. The van der Waals surface area contributed by atoms with Crippen molar-refractivity contribution < 1.29 is 28.6 Å². The first-order chi connectivity index (χ1) is 20.0. The Morgan fingerprint density at radius 2 is 1.54 bits per heavy atom. The normalized spacial score (nSPS) is 11.3. The Bertz CT molecular complexity index is 1400. The maximum absolute atomic E-state index is 10.7. The molecule has 41 heavy (non-hydrogen) atoms. The van der Waals surface area contributed by atoms with Crippen molar-refractivity contribution in [3.63, 3.8) is 0 Å². The summed E-state index contributed by atoms with van der Waals surface area (Å²) in [6, 6.07) is 25.2. The van der Waals surface area contributed by atoms with Gasteiger partial charge in [-0.05, 0) is 85.8 Å². The molecule has 0 saturated carbocycles. The number of benzene rings is 3. The first-order valence-electron chi connectivity index (χ1n) is 13.8. The molecule has 4 rings (SSSR count). The first kappa shape index (κ1) is 29.4. The number of aromatic nitrogens is 1. The molecular weight excluding hydrogens is 520 g/mol. The molecule has 214 valence electrons. The van der Waals surface area contributed by atoms with Crippen molar-refractivity contribution in [2.75, 3.05) is 7.11 Å². The van der Waals surface area contributed by atoms with Gasteiger partial charge in [-0.1, -0.05) is 48.3 Å². The van der Waals surface area contributed by atoms with Gasteiger partial charge in [0.05, 0.1) is 12.8 Å². The Morgan fingerprint density at radius 1 is 0.854 bits per heavy atom. The minimum atomic E-state index is -0.749. The topological polar surface area (TPSA) is 103 Å². The lowest BCUT2D eigenvalue weighted by Crippen LogP contribution is -2.03. The van der Waals surface area contributed by atoms with E-state index in [1.807, 2.05) is 85.8 Å². The molecule has 0 fully saturated rings. The fraction of sp³-hybridized carbons (Fsp3) is 0.303. The van der Waals surface area contributed by atoms with E-state index in [9.17, 15) is 4.79 Å². The van der Waals surface area contributed by atoms with Gasteiger partial charge in [-0.3, -0.25) is 4.79 Å². The zero-order chi connectivity index (χ0) is 28.9. The average molecular weight is 557 g/mol. The van der Waals surface area contributed by atoms with Gasteiger partial charge < -0.3 is 23.8 Å². The van der Waals surface area contributed by atoms with Crippen LogP contribution < -0.4 is 9.47 Å². The summed E-state index contributed by atoms with van der Waals surface area (Å²) in [6.45, 7) is 2.52. The van der Waals surface area contributed by atoms with Crippen molar-refractivity contribution in [3.05, 3.63) is 101 Å². The van der Waals surface area contributed by atoms with Gasteiger partial charge >= 0.3 is 5.97 Å². The van der Waals surface area contributed by atoms with Crippen molar-refractivity contribution >= 4 is 11.7 Å². The van der Waals surface area contributed by atoms with Crippen LogP contribution in [0.2, 0.25) is 0 Å². The molecule has 0 spiro atoms. The Kier molecular flexibility index (Phi) is 10.9. The van der Waals surface area contributed by atoms with E-state index < -0.39 is 5.97 Å². The molecule has 0 aliphatic rings. The lowest BCUT2D eigenvalue weighted by Gasteiger charge is -2.09. The number of unbranched alkanes of at least 4 members (excludes halogenated alkanes) is 3. The second-order valence-electron chi connectivity index (χ2n) is 9.67. The number of carbonyl (C=O) groups is 1. The van der Waals surface area contributed by atoms with E-state index >= 15 is 0 Å². The minimum absolute atomic E-state index is 0.210. The van der Waals surface area contributed by atoms with Crippen LogP contribution in [0.3, 0.4) is 0 Å². The van der Waals surface area contributed by atoms with E-state index in [0.717, 1.165) is 71.0 Å². The largest absolute Gasteiger partial charge is 0.497 e. The number of rotatable bonds is 16. The van der Waals surface area contributed by atoms with E-state index in [0.29, 0.717) is 25.5 Å². The summed E-state index contributed by atoms with van der Waals surface area (Å²) in [5.41, 5.74) is 4.48. The van der Waals surface area contributed by atoms with Gasteiger partial charge in [-0.25, -0.2) is 4.98 Å². The van der Waals surface area contributed by atoms with Crippen molar-refractivity contribution in [2.24, 2.45) is 5.16 Å². The van der Waals surface area contributed by atoms with Crippen LogP contribution in [0, 0.1) is 6.92 Å². The zero-order valence-electron chi connectivity index (χ0n) is 23.5. The number of aryl methyl sites for hydroxylation is 1. The second kappa shape index (κ2) is 15.3. The highest BCUT2D eigenvalue weighted by Gasteiger charge is 2.12. The summed E-state index contributed by atoms with van der Waals surface area (Å²) in [5, 5.41) is 13.3. The van der Waals surface area contributed by atoms with Crippen LogP contribution in [-0.4, -0.2) is 28.9 Å². The van der Waals surface area contributed by atoms with E-state index in [1.165, 1.54) is 0 Å². The molecule has 8 heteroatoms. The van der Waals surface area contributed by atoms with Crippen molar-refractivity contribution in [1.82, 2.24) is 4.98 Å². The van der Waals surface area contributed by atoms with Crippen LogP contribution in [0.5, 0.6) is 11.5 Å². The molecule has 8 nitrogen and oxygen atoms in total. The van der Waals surface area contributed by atoms with Gasteiger partial charge in [0.25, 0.3) is 0 Å². The highest BCUT2D eigenvalue weighted by atomic mass is 16.6. The third kappa shape index (κ3) is 9.24. The molecule has 4 aromatic rings. The monoisotopic (exact) mass is 556 g/mol. The minimum Gasteiger partial charge on any atom is -0.497 e. The average Bonchev–Trinajstić information content (AvgIpc) is 3.38. The smallest absolute Gasteiger partial charge is 0.303 e. The van der Waals surface area contributed by atoms with Crippen LogP contribution in [0.1, 0.15) is 61.1 Å². The Morgan fingerprint density at radius 3 is 2.22 bits per heavy atom. The van der Waals surface area contributed by atoms with Crippen LogP contribution in [0.15, 0.2) is 88.4 Å². The molecule has 0 bridgehead atoms. The molecule has 0 saturated heterocycles. The molecule has 0 amide bonds. The Hall–Kier alpha value is -4.59. The highest BCUT2D eigenvalue weighted by molar-refractivity contribution is 6.00. The molecule has 0 unspecified atom stereocenters. The first-order valence-corrected chi connectivity index (χ1v) is 13.8. The molecule has 0 aliphatic carbocycles. The summed E-state index contributed by atoms with van der Waals surface area (Å²) in [5.74, 6) is 2.07. The number of carboxylic acid groups (broad SMARTS) is 1. The third-order valence-electron chi connectivity index (χ3n) is 6.60. The van der Waals surface area contributed by atoms with Gasteiger partial charge in [0.1, 0.15) is 36.2 Å². The van der Waals surface area contributed by atoms with Gasteiger partial charge in [0.2, 0.25) is 5.89 Å². The number of nitrogens with zero attached hydrogens (tertiary/aromatic N) is 2. The number of ether oxygens (including phenoxy) is 2. The fourth-order valence-electron chi connectivity index (χ4n) is 4.23. The van der Waals surface area contributed by atoms with Crippen LogP contribution in [0.4, 0.5) is 0 Å². The lowest BCUT2D eigenvalue weighted by molar-refractivity contribution is -0.137. The standard InChI is InChI=1S/C33H36N2O6/c1-24-31(34-33(41-24)27-10-6-5-7-11-27)23-39-29-18-14-25(15-19-29)22-40-35-30(12-8-3-4-9-13-32(36)37)26-16-20-28(38-2)21-17-26/h5-7,10-11,14-21H,3-4,8-9,12-13,22-23H2,1-2H3,(H,36,37). The van der Waals surface area contributed by atoms with Crippen molar-refractivity contribution in [2.45, 2.75) is 58.7 Å². The molecule has 1 N–H and O–H groups in total. The van der Waals surface area contributed by atoms with Crippen LogP contribution in [-0.2, 0) is 22.8 Å². The van der Waals surface area contributed by atoms with E-state index in [4.69, 9.17) is 23.8 Å². The van der Waals surface area contributed by atoms with Gasteiger partial charge in [-0.15, -0.1) is 0 Å². The number of aliphatic carboxylic acids is 1. The maximum Gasteiger partial charge on any atom is 0.303 e. The maximum atomic E-state index is 10.7. The molecular formula is C33H36N2O6. The van der Waals surface area contributed by atoms with Gasteiger partial charge in [-0.2, -0.15) is 0 Å². The quantitative estimate of drug-likeness (QED) is 0.0861. The molecule has 0 radical (unpaired) electrons. The second-order valence-corrected chi connectivity index (χ2v) is 9.67. The van der Waals surface area contributed by atoms with Gasteiger partial charge in [0.15, 0.2) is 0 Å². The predicted molar refractivity (Wildman–Crippen MR) is 157 cm³/mol. The van der Waals surface area contributed by atoms with E-state index in [1.54, 1.807) is 7.11 Å². The summed E-state index contributed by atoms with van der Waals surface area (Å²) in [7, 11) is 1.64.